The highest BCUT2D eigenvalue weighted by Crippen LogP contribution is 2.13. The van der Waals surface area contributed by atoms with Crippen molar-refractivity contribution in [2.45, 2.75) is 39.2 Å². The molecule has 1 saturated heterocycles. The first-order chi connectivity index (χ1) is 8.02. The van der Waals surface area contributed by atoms with E-state index in [9.17, 15) is 9.59 Å². The molecule has 1 heterocycles. The number of hydrogen-bond acceptors (Lipinski definition) is 3. The molecule has 0 aromatic carbocycles. The van der Waals surface area contributed by atoms with Gasteiger partial charge in [0, 0.05) is 31.7 Å². The molecule has 0 spiro atoms. The van der Waals surface area contributed by atoms with Gasteiger partial charge in [0.25, 0.3) is 0 Å². The fourth-order valence-electron chi connectivity index (χ4n) is 1.77. The maximum atomic E-state index is 11.9. The van der Waals surface area contributed by atoms with Crippen molar-refractivity contribution in [2.75, 3.05) is 26.2 Å². The average molecular weight is 241 g/mol. The molecule has 2 N–H and O–H groups in total. The van der Waals surface area contributed by atoms with E-state index in [1.54, 1.807) is 4.90 Å². The highest BCUT2D eigenvalue weighted by atomic mass is 16.2. The Balaban J connectivity index is 2.54. The van der Waals surface area contributed by atoms with Crippen LogP contribution in [0.2, 0.25) is 0 Å². The molecule has 0 atom stereocenters. The molecule has 0 aromatic heterocycles. The fourth-order valence-corrected chi connectivity index (χ4v) is 1.77. The summed E-state index contributed by atoms with van der Waals surface area (Å²) in [6, 6.07) is 0. The van der Waals surface area contributed by atoms with Crippen molar-refractivity contribution in [3.05, 3.63) is 0 Å². The third kappa shape index (κ3) is 3.70. The van der Waals surface area contributed by atoms with Gasteiger partial charge >= 0.3 is 11.8 Å². The van der Waals surface area contributed by atoms with Crippen LogP contribution in [-0.4, -0.2) is 48.4 Å². The second-order valence-corrected chi connectivity index (χ2v) is 4.76. The molecule has 0 unspecified atom stereocenters. The molecule has 0 aliphatic carbocycles. The van der Waals surface area contributed by atoms with Gasteiger partial charge in [0.15, 0.2) is 0 Å². The highest BCUT2D eigenvalue weighted by Gasteiger charge is 2.29. The van der Waals surface area contributed by atoms with Crippen LogP contribution in [0, 0.1) is 0 Å². The van der Waals surface area contributed by atoms with E-state index in [-0.39, 0.29) is 5.54 Å². The zero-order valence-electron chi connectivity index (χ0n) is 11.0. The molecular formula is C12H23N3O2. The Morgan fingerprint density at radius 1 is 1.24 bits per heavy atom. The number of hydrogen-bond donors (Lipinski definition) is 2. The molecule has 2 amide bonds. The molecule has 0 radical (unpaired) electrons. The lowest BCUT2D eigenvalue weighted by molar-refractivity contribution is -0.147. The summed E-state index contributed by atoms with van der Waals surface area (Å²) < 4.78 is 0. The molecule has 98 valence electrons. The second-order valence-electron chi connectivity index (χ2n) is 4.76. The SMILES string of the molecule is CCC(C)(CC)NC(=O)C(=O)N1CCNCC1. The van der Waals surface area contributed by atoms with Gasteiger partial charge in [-0.1, -0.05) is 13.8 Å². The van der Waals surface area contributed by atoms with Crippen molar-refractivity contribution in [1.82, 2.24) is 15.5 Å². The monoisotopic (exact) mass is 241 g/mol. The van der Waals surface area contributed by atoms with Gasteiger partial charge in [-0.25, -0.2) is 0 Å². The summed E-state index contributed by atoms with van der Waals surface area (Å²) in [4.78, 5) is 25.4. The molecule has 1 aliphatic heterocycles. The van der Waals surface area contributed by atoms with Gasteiger partial charge in [-0.3, -0.25) is 9.59 Å². The summed E-state index contributed by atoms with van der Waals surface area (Å²) in [5.74, 6) is -0.877. The Morgan fingerprint density at radius 3 is 2.24 bits per heavy atom. The van der Waals surface area contributed by atoms with Gasteiger partial charge in [0.05, 0.1) is 0 Å². The van der Waals surface area contributed by atoms with Crippen molar-refractivity contribution in [1.29, 1.82) is 0 Å². The van der Waals surface area contributed by atoms with Gasteiger partial charge in [0.2, 0.25) is 0 Å². The van der Waals surface area contributed by atoms with Crippen molar-refractivity contribution in [3.63, 3.8) is 0 Å². The van der Waals surface area contributed by atoms with Crippen LogP contribution < -0.4 is 10.6 Å². The van der Waals surface area contributed by atoms with Crippen LogP contribution in [0.15, 0.2) is 0 Å². The van der Waals surface area contributed by atoms with Gasteiger partial charge in [-0.2, -0.15) is 0 Å². The Kier molecular flexibility index (Phi) is 4.93. The van der Waals surface area contributed by atoms with Gasteiger partial charge in [0.1, 0.15) is 0 Å². The van der Waals surface area contributed by atoms with E-state index in [0.29, 0.717) is 13.1 Å². The molecule has 1 fully saturated rings. The van der Waals surface area contributed by atoms with Crippen LogP contribution in [0.1, 0.15) is 33.6 Å². The van der Waals surface area contributed by atoms with Crippen LogP contribution >= 0.6 is 0 Å². The van der Waals surface area contributed by atoms with Crippen LogP contribution in [0.25, 0.3) is 0 Å². The highest BCUT2D eigenvalue weighted by molar-refractivity contribution is 6.35. The normalized spacial score (nSPS) is 16.8. The molecule has 0 aromatic rings. The average Bonchev–Trinajstić information content (AvgIpc) is 2.38. The number of carbonyl (C=O) groups is 2. The van der Waals surface area contributed by atoms with E-state index >= 15 is 0 Å². The van der Waals surface area contributed by atoms with Crippen molar-refractivity contribution in [3.8, 4) is 0 Å². The Bertz CT molecular complexity index is 281. The van der Waals surface area contributed by atoms with E-state index in [0.717, 1.165) is 25.9 Å². The van der Waals surface area contributed by atoms with E-state index < -0.39 is 11.8 Å². The van der Waals surface area contributed by atoms with Crippen LogP contribution in [-0.2, 0) is 9.59 Å². The van der Waals surface area contributed by atoms with Crippen molar-refractivity contribution < 1.29 is 9.59 Å². The van der Waals surface area contributed by atoms with Gasteiger partial charge in [-0.05, 0) is 19.8 Å². The zero-order chi connectivity index (χ0) is 12.9. The number of piperazine rings is 1. The molecule has 0 bridgehead atoms. The summed E-state index contributed by atoms with van der Waals surface area (Å²) >= 11 is 0. The number of amides is 2. The molecule has 0 saturated carbocycles. The minimum Gasteiger partial charge on any atom is -0.343 e. The summed E-state index contributed by atoms with van der Waals surface area (Å²) in [7, 11) is 0. The second kappa shape index (κ2) is 6.00. The molecule has 1 aliphatic rings. The topological polar surface area (TPSA) is 61.4 Å². The summed E-state index contributed by atoms with van der Waals surface area (Å²) in [6.07, 6.45) is 1.65. The van der Waals surface area contributed by atoms with Crippen LogP contribution in [0.5, 0.6) is 0 Å². The number of carbonyl (C=O) groups excluding carboxylic acids is 2. The Labute approximate surface area is 103 Å². The molecule has 5 heteroatoms. The smallest absolute Gasteiger partial charge is 0.311 e. The van der Waals surface area contributed by atoms with Crippen LogP contribution in [0.3, 0.4) is 0 Å². The standard InChI is InChI=1S/C12H23N3O2/c1-4-12(3,5-2)14-10(16)11(17)15-8-6-13-7-9-15/h13H,4-9H2,1-3H3,(H,14,16). The number of nitrogens with one attached hydrogen (secondary N) is 2. The summed E-state index contributed by atoms with van der Waals surface area (Å²) in [5.41, 5.74) is -0.277. The third-order valence-electron chi connectivity index (χ3n) is 3.57. The molecule has 1 rings (SSSR count). The molecular weight excluding hydrogens is 218 g/mol. The van der Waals surface area contributed by atoms with E-state index in [1.165, 1.54) is 0 Å². The predicted octanol–water partition coefficient (Wildman–Crippen LogP) is 0.113. The molecule has 5 nitrogen and oxygen atoms in total. The minimum atomic E-state index is -0.474. The lowest BCUT2D eigenvalue weighted by Crippen LogP contribution is -2.55. The van der Waals surface area contributed by atoms with Crippen molar-refractivity contribution >= 4 is 11.8 Å². The molecule has 17 heavy (non-hydrogen) atoms. The zero-order valence-corrected chi connectivity index (χ0v) is 11.0. The first kappa shape index (κ1) is 14.0. The van der Waals surface area contributed by atoms with Crippen LogP contribution in [0.4, 0.5) is 0 Å². The van der Waals surface area contributed by atoms with E-state index in [4.69, 9.17) is 0 Å². The number of nitrogens with zero attached hydrogens (tertiary/aromatic N) is 1. The number of rotatable bonds is 3. The van der Waals surface area contributed by atoms with Gasteiger partial charge in [-0.15, -0.1) is 0 Å². The van der Waals surface area contributed by atoms with Gasteiger partial charge < -0.3 is 15.5 Å². The van der Waals surface area contributed by atoms with Crippen molar-refractivity contribution in [2.24, 2.45) is 0 Å². The Morgan fingerprint density at radius 2 is 1.76 bits per heavy atom. The first-order valence-electron chi connectivity index (χ1n) is 6.34. The lowest BCUT2D eigenvalue weighted by atomic mass is 9.95. The third-order valence-corrected chi connectivity index (χ3v) is 3.57. The largest absolute Gasteiger partial charge is 0.343 e. The maximum Gasteiger partial charge on any atom is 0.311 e. The minimum absolute atomic E-state index is 0.277. The quantitative estimate of drug-likeness (QED) is 0.690. The maximum absolute atomic E-state index is 11.9. The van der Waals surface area contributed by atoms with E-state index in [2.05, 4.69) is 10.6 Å². The fraction of sp³-hybridized carbons (Fsp3) is 0.833. The van der Waals surface area contributed by atoms with E-state index in [1.807, 2.05) is 20.8 Å². The first-order valence-corrected chi connectivity index (χ1v) is 6.34. The summed E-state index contributed by atoms with van der Waals surface area (Å²) in [5, 5.41) is 5.99. The Hall–Kier alpha value is -1.10. The predicted molar refractivity (Wildman–Crippen MR) is 66.6 cm³/mol. The lowest BCUT2D eigenvalue weighted by Gasteiger charge is -2.31. The summed E-state index contributed by atoms with van der Waals surface area (Å²) in [6.45, 7) is 8.74.